The molecule has 0 saturated carbocycles. The fourth-order valence-electron chi connectivity index (χ4n) is 3.34. The number of likely N-dealkylation sites (tertiary alicyclic amines) is 1. The maximum Gasteiger partial charge on any atom is 0.123 e. The number of hydrogen-bond acceptors (Lipinski definition) is 3. The molecule has 2 atom stereocenters. The van der Waals surface area contributed by atoms with Crippen molar-refractivity contribution in [1.82, 2.24) is 10.2 Å². The van der Waals surface area contributed by atoms with Crippen molar-refractivity contribution in [3.05, 3.63) is 28.8 Å². The van der Waals surface area contributed by atoms with Crippen molar-refractivity contribution in [2.24, 2.45) is 0 Å². The summed E-state index contributed by atoms with van der Waals surface area (Å²) in [7, 11) is 0. The Hall–Kier alpha value is -0.770. The summed E-state index contributed by atoms with van der Waals surface area (Å²) in [5.41, 5.74) is 1.23. The lowest BCUT2D eigenvalue weighted by Gasteiger charge is -2.32. The normalized spacial score (nSPS) is 23.6. The van der Waals surface area contributed by atoms with Gasteiger partial charge in [0.25, 0.3) is 0 Å². The van der Waals surface area contributed by atoms with E-state index in [1.165, 1.54) is 37.9 Å². The van der Waals surface area contributed by atoms with E-state index in [2.05, 4.69) is 17.1 Å². The van der Waals surface area contributed by atoms with Gasteiger partial charge < -0.3 is 10.1 Å². The van der Waals surface area contributed by atoms with Gasteiger partial charge in [0, 0.05) is 30.6 Å². The molecular formula is C17H25ClN2O. The molecule has 2 heterocycles. The van der Waals surface area contributed by atoms with Gasteiger partial charge in [0.2, 0.25) is 0 Å². The van der Waals surface area contributed by atoms with Crippen LogP contribution in [-0.2, 0) is 6.42 Å². The van der Waals surface area contributed by atoms with Crippen molar-refractivity contribution < 1.29 is 4.74 Å². The average Bonchev–Trinajstić information content (AvgIpc) is 2.89. The fourth-order valence-corrected chi connectivity index (χ4v) is 3.54. The van der Waals surface area contributed by atoms with E-state index < -0.39 is 0 Å². The third-order valence-electron chi connectivity index (χ3n) is 4.59. The summed E-state index contributed by atoms with van der Waals surface area (Å²) in [4.78, 5) is 2.60. The SMILES string of the molecule is CC(CNCC1Cc2cc(Cl)ccc2O1)N1CCCCC1. The molecular weight excluding hydrogens is 284 g/mol. The topological polar surface area (TPSA) is 24.5 Å². The van der Waals surface area contributed by atoms with E-state index in [9.17, 15) is 0 Å². The van der Waals surface area contributed by atoms with Crippen molar-refractivity contribution in [1.29, 1.82) is 0 Å². The van der Waals surface area contributed by atoms with E-state index in [4.69, 9.17) is 16.3 Å². The summed E-state index contributed by atoms with van der Waals surface area (Å²) in [5, 5.41) is 4.37. The van der Waals surface area contributed by atoms with Gasteiger partial charge in [0.1, 0.15) is 11.9 Å². The molecule has 3 rings (SSSR count). The van der Waals surface area contributed by atoms with Crippen LogP contribution in [0, 0.1) is 0 Å². The molecule has 2 aliphatic heterocycles. The third-order valence-corrected chi connectivity index (χ3v) is 4.82. The first kappa shape index (κ1) is 15.1. The van der Waals surface area contributed by atoms with E-state index in [1.54, 1.807) is 0 Å². The minimum atomic E-state index is 0.243. The Morgan fingerprint density at radius 2 is 2.14 bits per heavy atom. The summed E-state index contributed by atoms with van der Waals surface area (Å²) < 4.78 is 5.95. The number of piperidine rings is 1. The van der Waals surface area contributed by atoms with Gasteiger partial charge in [-0.15, -0.1) is 0 Å². The molecule has 2 aliphatic rings. The lowest BCUT2D eigenvalue weighted by molar-refractivity contribution is 0.164. The quantitative estimate of drug-likeness (QED) is 0.904. The third kappa shape index (κ3) is 3.91. The highest BCUT2D eigenvalue weighted by molar-refractivity contribution is 6.30. The lowest BCUT2D eigenvalue weighted by Crippen LogP contribution is -2.44. The van der Waals surface area contributed by atoms with Gasteiger partial charge in [-0.3, -0.25) is 4.90 Å². The molecule has 3 nitrogen and oxygen atoms in total. The van der Waals surface area contributed by atoms with Crippen molar-refractivity contribution >= 4 is 11.6 Å². The van der Waals surface area contributed by atoms with Crippen molar-refractivity contribution in [3.63, 3.8) is 0 Å². The van der Waals surface area contributed by atoms with Gasteiger partial charge in [-0.1, -0.05) is 18.0 Å². The molecule has 1 N–H and O–H groups in total. The number of hydrogen-bond donors (Lipinski definition) is 1. The number of halogens is 1. The van der Waals surface area contributed by atoms with Gasteiger partial charge in [0.05, 0.1) is 0 Å². The Bertz CT molecular complexity index is 474. The summed E-state index contributed by atoms with van der Waals surface area (Å²) in [6.07, 6.45) is 5.30. The van der Waals surface area contributed by atoms with Crippen molar-refractivity contribution in [3.8, 4) is 5.75 Å². The van der Waals surface area contributed by atoms with E-state index in [1.807, 2.05) is 18.2 Å². The molecule has 0 radical (unpaired) electrons. The number of nitrogens with zero attached hydrogens (tertiary/aromatic N) is 1. The Balaban J connectivity index is 1.40. The van der Waals surface area contributed by atoms with E-state index in [-0.39, 0.29) is 6.10 Å². The highest BCUT2D eigenvalue weighted by Crippen LogP contribution is 2.30. The summed E-state index contributed by atoms with van der Waals surface area (Å²) in [6, 6.07) is 6.51. The maximum absolute atomic E-state index is 6.03. The average molecular weight is 309 g/mol. The molecule has 4 heteroatoms. The van der Waals surface area contributed by atoms with Crippen LogP contribution in [0.15, 0.2) is 18.2 Å². The van der Waals surface area contributed by atoms with Gasteiger partial charge >= 0.3 is 0 Å². The van der Waals surface area contributed by atoms with E-state index in [0.717, 1.165) is 30.3 Å². The lowest BCUT2D eigenvalue weighted by atomic mass is 10.1. The summed E-state index contributed by atoms with van der Waals surface area (Å²) in [6.45, 7) is 6.78. The molecule has 116 valence electrons. The zero-order valence-electron chi connectivity index (χ0n) is 12.8. The zero-order valence-corrected chi connectivity index (χ0v) is 13.5. The Kier molecular flexibility index (Phi) is 5.04. The van der Waals surface area contributed by atoms with Crippen molar-refractivity contribution in [2.75, 3.05) is 26.2 Å². The van der Waals surface area contributed by atoms with E-state index in [0.29, 0.717) is 6.04 Å². The second-order valence-corrected chi connectivity index (χ2v) is 6.74. The maximum atomic E-state index is 6.03. The molecule has 1 aromatic carbocycles. The second-order valence-electron chi connectivity index (χ2n) is 6.30. The second kappa shape index (κ2) is 6.99. The molecule has 0 spiro atoms. The summed E-state index contributed by atoms with van der Waals surface area (Å²) >= 11 is 6.03. The minimum Gasteiger partial charge on any atom is -0.488 e. The molecule has 0 amide bonds. The fraction of sp³-hybridized carbons (Fsp3) is 0.647. The standard InChI is InChI=1S/C17H25ClN2O/c1-13(20-7-3-2-4-8-20)11-19-12-16-10-14-9-15(18)5-6-17(14)21-16/h5-6,9,13,16,19H,2-4,7-8,10-12H2,1H3. The molecule has 0 aliphatic carbocycles. The zero-order chi connectivity index (χ0) is 14.7. The molecule has 1 aromatic rings. The number of rotatable bonds is 5. The number of fused-ring (bicyclic) bond motifs is 1. The summed E-state index contributed by atoms with van der Waals surface area (Å²) in [5.74, 6) is 0.996. The van der Waals surface area contributed by atoms with Crippen LogP contribution in [-0.4, -0.2) is 43.2 Å². The largest absolute Gasteiger partial charge is 0.488 e. The van der Waals surface area contributed by atoms with Crippen LogP contribution in [0.25, 0.3) is 0 Å². The van der Waals surface area contributed by atoms with Gasteiger partial charge in [-0.25, -0.2) is 0 Å². The number of nitrogens with one attached hydrogen (secondary N) is 1. The predicted octanol–water partition coefficient (Wildman–Crippen LogP) is 3.11. The highest BCUT2D eigenvalue weighted by Gasteiger charge is 2.23. The molecule has 0 bridgehead atoms. The molecule has 0 aromatic heterocycles. The van der Waals surface area contributed by atoms with Crippen LogP contribution in [0.4, 0.5) is 0 Å². The Morgan fingerprint density at radius 3 is 2.95 bits per heavy atom. The molecule has 1 saturated heterocycles. The van der Waals surface area contributed by atoms with Crippen LogP contribution in [0.1, 0.15) is 31.7 Å². The Labute approximate surface area is 132 Å². The van der Waals surface area contributed by atoms with Crippen LogP contribution in [0.2, 0.25) is 5.02 Å². The first-order chi connectivity index (χ1) is 10.2. The number of benzene rings is 1. The molecule has 2 unspecified atom stereocenters. The molecule has 1 fully saturated rings. The Morgan fingerprint density at radius 1 is 1.33 bits per heavy atom. The van der Waals surface area contributed by atoms with Gasteiger partial charge in [-0.05, 0) is 56.6 Å². The first-order valence-corrected chi connectivity index (χ1v) is 8.50. The van der Waals surface area contributed by atoms with Crippen LogP contribution in [0.5, 0.6) is 5.75 Å². The van der Waals surface area contributed by atoms with Crippen molar-refractivity contribution in [2.45, 2.75) is 44.8 Å². The minimum absolute atomic E-state index is 0.243. The highest BCUT2D eigenvalue weighted by atomic mass is 35.5. The first-order valence-electron chi connectivity index (χ1n) is 8.12. The van der Waals surface area contributed by atoms with Crippen LogP contribution < -0.4 is 10.1 Å². The van der Waals surface area contributed by atoms with E-state index >= 15 is 0 Å². The molecule has 21 heavy (non-hydrogen) atoms. The van der Waals surface area contributed by atoms with Crippen LogP contribution >= 0.6 is 11.6 Å². The van der Waals surface area contributed by atoms with Crippen LogP contribution in [0.3, 0.4) is 0 Å². The smallest absolute Gasteiger partial charge is 0.123 e. The van der Waals surface area contributed by atoms with Gasteiger partial charge in [0.15, 0.2) is 0 Å². The van der Waals surface area contributed by atoms with Gasteiger partial charge in [-0.2, -0.15) is 0 Å². The number of ether oxygens (including phenoxy) is 1. The monoisotopic (exact) mass is 308 g/mol. The predicted molar refractivity (Wildman–Crippen MR) is 87.3 cm³/mol.